The second kappa shape index (κ2) is 8.09. The van der Waals surface area contributed by atoms with E-state index in [-0.39, 0.29) is 0 Å². The third kappa shape index (κ3) is 4.66. The highest BCUT2D eigenvalue weighted by Crippen LogP contribution is 2.16. The average molecular weight is 370 g/mol. The second-order valence-corrected chi connectivity index (χ2v) is 5.48. The predicted molar refractivity (Wildman–Crippen MR) is 91.8 cm³/mol. The normalized spacial score (nSPS) is 11.5. The number of hydrogen-bond acceptors (Lipinski definition) is 6. The zero-order chi connectivity index (χ0) is 19.2. The van der Waals surface area contributed by atoms with E-state index in [9.17, 15) is 14.0 Å². The first-order chi connectivity index (χ1) is 13.0. The number of rotatable bonds is 5. The maximum Gasteiger partial charge on any atom is 0.279 e. The lowest BCUT2D eigenvalue weighted by Gasteiger charge is -2.15. The van der Waals surface area contributed by atoms with Crippen molar-refractivity contribution in [2.75, 3.05) is 0 Å². The van der Waals surface area contributed by atoms with E-state index in [1.165, 1.54) is 37.6 Å². The van der Waals surface area contributed by atoms with Crippen LogP contribution in [0.5, 0.6) is 5.75 Å². The van der Waals surface area contributed by atoms with Gasteiger partial charge in [-0.3, -0.25) is 20.4 Å². The van der Waals surface area contributed by atoms with Gasteiger partial charge < -0.3 is 9.15 Å². The summed E-state index contributed by atoms with van der Waals surface area (Å²) in [5.74, 6) is -0.801. The maximum absolute atomic E-state index is 12.9. The lowest BCUT2D eigenvalue weighted by atomic mass is 10.1. The van der Waals surface area contributed by atoms with E-state index in [0.29, 0.717) is 22.8 Å². The molecule has 27 heavy (non-hydrogen) atoms. The van der Waals surface area contributed by atoms with Crippen LogP contribution in [0.1, 0.15) is 17.3 Å². The standard InChI is InChI=1S/C18H15FN4O4/c1-11(27-15-8-6-14(19)7-9-15)16(24)21-22-17(25)12-2-4-13(5-3-12)18-23-20-10-26-18/h2-11H,1H3,(H,21,24)(H,22,25)/t11-/m0/s1. The molecule has 0 aliphatic rings. The molecule has 0 aliphatic heterocycles. The summed E-state index contributed by atoms with van der Waals surface area (Å²) in [4.78, 5) is 24.1. The second-order valence-electron chi connectivity index (χ2n) is 5.48. The fraction of sp³-hybridized carbons (Fsp3) is 0.111. The monoisotopic (exact) mass is 370 g/mol. The van der Waals surface area contributed by atoms with Gasteiger partial charge in [0.2, 0.25) is 12.3 Å². The molecule has 3 rings (SSSR count). The highest BCUT2D eigenvalue weighted by molar-refractivity contribution is 5.96. The van der Waals surface area contributed by atoms with Gasteiger partial charge in [-0.15, -0.1) is 10.2 Å². The van der Waals surface area contributed by atoms with Crippen molar-refractivity contribution in [3.63, 3.8) is 0 Å². The number of carbonyl (C=O) groups excluding carboxylic acids is 2. The van der Waals surface area contributed by atoms with Gasteiger partial charge in [-0.25, -0.2) is 4.39 Å². The Bertz CT molecular complexity index is 912. The Labute approximate surface area is 153 Å². The third-order valence-electron chi connectivity index (χ3n) is 3.55. The molecular weight excluding hydrogens is 355 g/mol. The number of hydrazine groups is 1. The number of amides is 2. The summed E-state index contributed by atoms with van der Waals surface area (Å²) in [6.45, 7) is 1.50. The molecule has 9 heteroatoms. The number of halogens is 1. The van der Waals surface area contributed by atoms with Crippen LogP contribution in [0.4, 0.5) is 4.39 Å². The summed E-state index contributed by atoms with van der Waals surface area (Å²) < 4.78 is 23.3. The molecule has 2 N–H and O–H groups in total. The van der Waals surface area contributed by atoms with Crippen molar-refractivity contribution >= 4 is 11.8 Å². The molecule has 0 bridgehead atoms. The van der Waals surface area contributed by atoms with Crippen molar-refractivity contribution in [1.29, 1.82) is 0 Å². The summed E-state index contributed by atoms with van der Waals surface area (Å²) >= 11 is 0. The van der Waals surface area contributed by atoms with E-state index in [0.717, 1.165) is 0 Å². The Morgan fingerprint density at radius 1 is 1.07 bits per heavy atom. The van der Waals surface area contributed by atoms with Crippen molar-refractivity contribution < 1.29 is 23.1 Å². The fourth-order valence-corrected chi connectivity index (χ4v) is 2.13. The molecule has 8 nitrogen and oxygen atoms in total. The minimum Gasteiger partial charge on any atom is -0.481 e. The zero-order valence-electron chi connectivity index (χ0n) is 14.2. The fourth-order valence-electron chi connectivity index (χ4n) is 2.13. The first-order valence-electron chi connectivity index (χ1n) is 7.92. The Kier molecular flexibility index (Phi) is 5.41. The molecule has 1 aromatic heterocycles. The molecule has 2 aromatic carbocycles. The molecule has 0 unspecified atom stereocenters. The Morgan fingerprint density at radius 2 is 1.78 bits per heavy atom. The highest BCUT2D eigenvalue weighted by atomic mass is 19.1. The molecule has 1 heterocycles. The van der Waals surface area contributed by atoms with Gasteiger partial charge >= 0.3 is 0 Å². The van der Waals surface area contributed by atoms with Gasteiger partial charge in [0.05, 0.1) is 0 Å². The summed E-state index contributed by atoms with van der Waals surface area (Å²) in [5, 5.41) is 7.35. The molecule has 0 saturated heterocycles. The zero-order valence-corrected chi connectivity index (χ0v) is 14.2. The van der Waals surface area contributed by atoms with Crippen LogP contribution in [0, 0.1) is 5.82 Å². The minimum absolute atomic E-state index is 0.325. The predicted octanol–water partition coefficient (Wildman–Crippen LogP) is 2.10. The van der Waals surface area contributed by atoms with Crippen LogP contribution in [-0.4, -0.2) is 28.1 Å². The van der Waals surface area contributed by atoms with E-state index >= 15 is 0 Å². The first kappa shape index (κ1) is 18.1. The molecule has 3 aromatic rings. The van der Waals surface area contributed by atoms with Crippen LogP contribution in [0.25, 0.3) is 11.5 Å². The van der Waals surface area contributed by atoms with Gasteiger partial charge in [0.25, 0.3) is 11.8 Å². The molecule has 2 amide bonds. The van der Waals surface area contributed by atoms with Crippen LogP contribution in [0.2, 0.25) is 0 Å². The van der Waals surface area contributed by atoms with E-state index in [2.05, 4.69) is 21.0 Å². The topological polar surface area (TPSA) is 106 Å². The van der Waals surface area contributed by atoms with Crippen LogP contribution >= 0.6 is 0 Å². The lowest BCUT2D eigenvalue weighted by molar-refractivity contribution is -0.128. The number of aromatic nitrogens is 2. The number of nitrogens with one attached hydrogen (secondary N) is 2. The molecule has 138 valence electrons. The molecule has 0 saturated carbocycles. The summed E-state index contributed by atoms with van der Waals surface area (Å²) in [7, 11) is 0. The number of nitrogens with zero attached hydrogens (tertiary/aromatic N) is 2. The van der Waals surface area contributed by atoms with Gasteiger partial charge in [0, 0.05) is 11.1 Å². The van der Waals surface area contributed by atoms with Gasteiger partial charge in [0.15, 0.2) is 6.10 Å². The van der Waals surface area contributed by atoms with Gasteiger partial charge in [-0.1, -0.05) is 0 Å². The SMILES string of the molecule is C[C@H](Oc1ccc(F)cc1)C(=O)NNC(=O)c1ccc(-c2nnco2)cc1. The van der Waals surface area contributed by atoms with Crippen LogP contribution in [-0.2, 0) is 4.79 Å². The van der Waals surface area contributed by atoms with Crippen LogP contribution in [0.3, 0.4) is 0 Å². The van der Waals surface area contributed by atoms with Gasteiger partial charge in [-0.05, 0) is 55.5 Å². The van der Waals surface area contributed by atoms with Crippen molar-refractivity contribution in [2.24, 2.45) is 0 Å². The van der Waals surface area contributed by atoms with E-state index in [1.54, 1.807) is 24.3 Å². The third-order valence-corrected chi connectivity index (χ3v) is 3.55. The number of benzene rings is 2. The Balaban J connectivity index is 1.52. The summed E-state index contributed by atoms with van der Waals surface area (Å²) in [5.41, 5.74) is 5.56. The maximum atomic E-state index is 12.9. The highest BCUT2D eigenvalue weighted by Gasteiger charge is 2.16. The van der Waals surface area contributed by atoms with E-state index in [1.807, 2.05) is 0 Å². The minimum atomic E-state index is -0.893. The van der Waals surface area contributed by atoms with Gasteiger partial charge in [0.1, 0.15) is 11.6 Å². The van der Waals surface area contributed by atoms with E-state index in [4.69, 9.17) is 9.15 Å². The van der Waals surface area contributed by atoms with Crippen molar-refractivity contribution in [3.05, 3.63) is 66.3 Å². The van der Waals surface area contributed by atoms with Crippen molar-refractivity contribution in [3.8, 4) is 17.2 Å². The lowest BCUT2D eigenvalue weighted by Crippen LogP contribution is -2.47. The molecule has 0 radical (unpaired) electrons. The summed E-state index contributed by atoms with van der Waals surface area (Å²) in [6.07, 6.45) is 0.316. The van der Waals surface area contributed by atoms with Crippen molar-refractivity contribution in [1.82, 2.24) is 21.0 Å². The molecular formula is C18H15FN4O4. The first-order valence-corrected chi connectivity index (χ1v) is 7.92. The average Bonchev–Trinajstić information content (AvgIpc) is 3.22. The number of hydrogen-bond donors (Lipinski definition) is 2. The molecule has 1 atom stereocenters. The van der Waals surface area contributed by atoms with E-state index < -0.39 is 23.7 Å². The quantitative estimate of drug-likeness (QED) is 0.666. The Morgan fingerprint density at radius 3 is 2.41 bits per heavy atom. The smallest absolute Gasteiger partial charge is 0.279 e. The molecule has 0 fully saturated rings. The summed E-state index contributed by atoms with van der Waals surface area (Å²) in [6, 6.07) is 11.7. The van der Waals surface area contributed by atoms with Gasteiger partial charge in [-0.2, -0.15) is 0 Å². The number of ether oxygens (including phenoxy) is 1. The van der Waals surface area contributed by atoms with Crippen LogP contribution < -0.4 is 15.6 Å². The largest absolute Gasteiger partial charge is 0.481 e. The molecule has 0 aliphatic carbocycles. The Hall–Kier alpha value is -3.75. The number of carbonyl (C=O) groups is 2. The van der Waals surface area contributed by atoms with Crippen LogP contribution in [0.15, 0.2) is 59.3 Å². The van der Waals surface area contributed by atoms with Crippen molar-refractivity contribution in [2.45, 2.75) is 13.0 Å². The molecule has 0 spiro atoms.